The standard InChI is InChI=1S/C14H14BrF3N2O/c1-9(20(8-19)12(21)13(2,3)15)10-4-6-11(7-5-10)14(16,17)18/h4-7,9H,1-3H3. The van der Waals surface area contributed by atoms with Gasteiger partial charge in [-0.25, -0.2) is 4.90 Å². The third kappa shape index (κ3) is 4.21. The van der Waals surface area contributed by atoms with Crippen LogP contribution in [-0.2, 0) is 11.0 Å². The van der Waals surface area contributed by atoms with Crippen LogP contribution < -0.4 is 0 Å². The first-order valence-corrected chi connectivity index (χ1v) is 6.87. The van der Waals surface area contributed by atoms with Gasteiger partial charge < -0.3 is 0 Å². The molecule has 114 valence electrons. The highest BCUT2D eigenvalue weighted by atomic mass is 79.9. The van der Waals surface area contributed by atoms with Crippen molar-refractivity contribution in [3.8, 4) is 6.19 Å². The molecule has 0 bridgehead atoms. The molecule has 0 aliphatic carbocycles. The summed E-state index contributed by atoms with van der Waals surface area (Å²) in [5.41, 5.74) is -0.316. The molecule has 3 nitrogen and oxygen atoms in total. The lowest BCUT2D eigenvalue weighted by Gasteiger charge is -2.27. The number of benzene rings is 1. The molecule has 0 saturated carbocycles. The maximum absolute atomic E-state index is 12.5. The van der Waals surface area contributed by atoms with Crippen molar-refractivity contribution >= 4 is 21.8 Å². The van der Waals surface area contributed by atoms with Crippen LogP contribution in [0.5, 0.6) is 0 Å². The van der Waals surface area contributed by atoms with Gasteiger partial charge in [-0.2, -0.15) is 18.4 Å². The third-order valence-corrected chi connectivity index (χ3v) is 3.28. The maximum atomic E-state index is 12.5. The molecular formula is C14H14BrF3N2O. The minimum Gasteiger partial charge on any atom is -0.272 e. The first-order valence-electron chi connectivity index (χ1n) is 6.08. The molecule has 0 aliphatic rings. The Morgan fingerprint density at radius 2 is 1.76 bits per heavy atom. The molecule has 1 atom stereocenters. The molecule has 1 unspecified atom stereocenters. The molecule has 7 heteroatoms. The minimum atomic E-state index is -4.41. The van der Waals surface area contributed by atoms with Crippen molar-refractivity contribution in [3.63, 3.8) is 0 Å². The van der Waals surface area contributed by atoms with E-state index in [9.17, 15) is 18.0 Å². The van der Waals surface area contributed by atoms with Gasteiger partial charge in [-0.1, -0.05) is 28.1 Å². The fourth-order valence-corrected chi connectivity index (χ4v) is 1.89. The monoisotopic (exact) mass is 362 g/mol. The van der Waals surface area contributed by atoms with Crippen LogP contribution in [-0.4, -0.2) is 15.1 Å². The molecule has 0 heterocycles. The molecule has 0 radical (unpaired) electrons. The second-order valence-electron chi connectivity index (χ2n) is 5.04. The van der Waals surface area contributed by atoms with E-state index in [1.807, 2.05) is 0 Å². The fourth-order valence-electron chi connectivity index (χ4n) is 1.69. The van der Waals surface area contributed by atoms with E-state index in [1.54, 1.807) is 27.0 Å². The summed E-state index contributed by atoms with van der Waals surface area (Å²) in [6.45, 7) is 4.78. The predicted octanol–water partition coefficient (Wildman–Crippen LogP) is 4.25. The number of alkyl halides is 4. The summed E-state index contributed by atoms with van der Waals surface area (Å²) in [6.07, 6.45) is -2.63. The molecule has 21 heavy (non-hydrogen) atoms. The Bertz CT molecular complexity index is 556. The number of hydrogen-bond acceptors (Lipinski definition) is 2. The molecule has 0 aliphatic heterocycles. The first-order chi connectivity index (χ1) is 9.48. The number of nitriles is 1. The molecule has 1 rings (SSSR count). The zero-order valence-corrected chi connectivity index (χ0v) is 13.3. The second-order valence-corrected chi connectivity index (χ2v) is 7.03. The SMILES string of the molecule is CC(c1ccc(C(F)(F)F)cc1)N(C#N)C(=O)C(C)(C)Br. The quantitative estimate of drug-likeness (QED) is 0.458. The summed E-state index contributed by atoms with van der Waals surface area (Å²) in [4.78, 5) is 13.1. The highest BCUT2D eigenvalue weighted by Crippen LogP contribution is 2.31. The van der Waals surface area contributed by atoms with E-state index < -0.39 is 28.0 Å². The lowest BCUT2D eigenvalue weighted by atomic mass is 10.0. The molecule has 0 aromatic heterocycles. The van der Waals surface area contributed by atoms with Gasteiger partial charge in [0.25, 0.3) is 5.91 Å². The van der Waals surface area contributed by atoms with Crippen LogP contribution in [0.15, 0.2) is 24.3 Å². The van der Waals surface area contributed by atoms with Crippen molar-refractivity contribution < 1.29 is 18.0 Å². The largest absolute Gasteiger partial charge is 0.416 e. The summed E-state index contributed by atoms with van der Waals surface area (Å²) in [6, 6.07) is 3.76. The minimum absolute atomic E-state index is 0.453. The van der Waals surface area contributed by atoms with Crippen LogP contribution in [0.25, 0.3) is 0 Å². The zero-order chi connectivity index (χ0) is 16.4. The van der Waals surface area contributed by atoms with Gasteiger partial charge in [0.1, 0.15) is 0 Å². The van der Waals surface area contributed by atoms with E-state index in [2.05, 4.69) is 15.9 Å². The average molecular weight is 363 g/mol. The van der Waals surface area contributed by atoms with Gasteiger partial charge in [-0.05, 0) is 38.5 Å². The number of halogens is 4. The summed E-state index contributed by atoms with van der Waals surface area (Å²) in [5.74, 6) is -0.461. The molecule has 0 saturated heterocycles. The van der Waals surface area contributed by atoms with E-state index in [-0.39, 0.29) is 0 Å². The van der Waals surface area contributed by atoms with Crippen molar-refractivity contribution in [1.82, 2.24) is 4.90 Å². The third-order valence-electron chi connectivity index (χ3n) is 2.94. The number of hydrogen-bond donors (Lipinski definition) is 0. The van der Waals surface area contributed by atoms with Crippen molar-refractivity contribution in [2.45, 2.75) is 37.3 Å². The Balaban J connectivity index is 3.05. The molecule has 1 amide bonds. The number of carbonyl (C=O) groups is 1. The van der Waals surface area contributed by atoms with Gasteiger partial charge in [0.15, 0.2) is 6.19 Å². The predicted molar refractivity (Wildman–Crippen MR) is 75.3 cm³/mol. The molecule has 0 fully saturated rings. The molecule has 0 N–H and O–H groups in total. The van der Waals surface area contributed by atoms with E-state index in [0.717, 1.165) is 17.0 Å². The van der Waals surface area contributed by atoms with E-state index in [4.69, 9.17) is 5.26 Å². The smallest absolute Gasteiger partial charge is 0.272 e. The Hall–Kier alpha value is -1.55. The van der Waals surface area contributed by atoms with Crippen LogP contribution in [0.4, 0.5) is 13.2 Å². The van der Waals surface area contributed by atoms with Crippen LogP contribution >= 0.6 is 15.9 Å². The molecule has 1 aromatic rings. The van der Waals surface area contributed by atoms with E-state index >= 15 is 0 Å². The normalized spacial score (nSPS) is 13.4. The number of amides is 1. The Labute approximate surface area is 129 Å². The lowest BCUT2D eigenvalue weighted by molar-refractivity contribution is -0.137. The van der Waals surface area contributed by atoms with Crippen molar-refractivity contribution in [3.05, 3.63) is 35.4 Å². The Kier molecular flexibility index (Phi) is 5.05. The highest BCUT2D eigenvalue weighted by Gasteiger charge is 2.34. The summed E-state index contributed by atoms with van der Waals surface area (Å²) >= 11 is 3.17. The Morgan fingerprint density at radius 1 is 1.29 bits per heavy atom. The molecular weight excluding hydrogens is 349 g/mol. The number of nitrogens with zero attached hydrogens (tertiary/aromatic N) is 2. The summed E-state index contributed by atoms with van der Waals surface area (Å²) in [5, 5.41) is 9.13. The van der Waals surface area contributed by atoms with E-state index in [1.165, 1.54) is 12.1 Å². The van der Waals surface area contributed by atoms with Crippen LogP contribution in [0.3, 0.4) is 0 Å². The second kappa shape index (κ2) is 6.06. The first kappa shape index (κ1) is 17.5. The Morgan fingerprint density at radius 3 is 2.10 bits per heavy atom. The van der Waals surface area contributed by atoms with Gasteiger partial charge in [0.05, 0.1) is 15.9 Å². The van der Waals surface area contributed by atoms with Crippen molar-refractivity contribution in [1.29, 1.82) is 5.26 Å². The summed E-state index contributed by atoms with van der Waals surface area (Å²) in [7, 11) is 0. The highest BCUT2D eigenvalue weighted by molar-refractivity contribution is 9.10. The molecule has 0 spiro atoms. The van der Waals surface area contributed by atoms with Crippen molar-refractivity contribution in [2.75, 3.05) is 0 Å². The van der Waals surface area contributed by atoms with Crippen LogP contribution in [0.2, 0.25) is 0 Å². The van der Waals surface area contributed by atoms with Gasteiger partial charge in [0.2, 0.25) is 0 Å². The van der Waals surface area contributed by atoms with Crippen molar-refractivity contribution in [2.24, 2.45) is 0 Å². The molecule has 1 aromatic carbocycles. The average Bonchev–Trinajstić information content (AvgIpc) is 2.37. The van der Waals surface area contributed by atoms with Gasteiger partial charge >= 0.3 is 6.18 Å². The lowest BCUT2D eigenvalue weighted by Crippen LogP contribution is -2.40. The van der Waals surface area contributed by atoms with Gasteiger partial charge in [-0.3, -0.25) is 4.79 Å². The van der Waals surface area contributed by atoms with E-state index in [0.29, 0.717) is 5.56 Å². The number of carbonyl (C=O) groups excluding carboxylic acids is 1. The van der Waals surface area contributed by atoms with Crippen LogP contribution in [0, 0.1) is 11.5 Å². The zero-order valence-electron chi connectivity index (χ0n) is 11.7. The summed E-state index contributed by atoms with van der Waals surface area (Å²) < 4.78 is 36.6. The fraction of sp³-hybridized carbons (Fsp3) is 0.429. The topological polar surface area (TPSA) is 44.1 Å². The number of rotatable bonds is 3. The maximum Gasteiger partial charge on any atom is 0.416 e. The van der Waals surface area contributed by atoms with Gasteiger partial charge in [0, 0.05) is 0 Å². The van der Waals surface area contributed by atoms with Crippen LogP contribution in [0.1, 0.15) is 37.9 Å². The van der Waals surface area contributed by atoms with Gasteiger partial charge in [-0.15, -0.1) is 0 Å².